The highest BCUT2D eigenvalue weighted by Crippen LogP contribution is 2.24. The van der Waals surface area contributed by atoms with Crippen molar-refractivity contribution in [1.29, 1.82) is 0 Å². The molecule has 2 aromatic carbocycles. The van der Waals surface area contributed by atoms with Crippen LogP contribution in [0.4, 0.5) is 4.39 Å². The first-order valence-electron chi connectivity index (χ1n) is 7.99. The zero-order chi connectivity index (χ0) is 19.3. The molecule has 0 atom stereocenters. The summed E-state index contributed by atoms with van der Waals surface area (Å²) in [4.78, 5) is 1.88. The molecular weight excluding hydrogens is 398 g/mol. The lowest BCUT2D eigenvalue weighted by Crippen LogP contribution is -2.37. The molecule has 4 nitrogen and oxygen atoms in total. The van der Waals surface area contributed by atoms with Crippen LogP contribution in [0.2, 0.25) is 10.0 Å². The maximum Gasteiger partial charge on any atom is 0.218 e. The van der Waals surface area contributed by atoms with Crippen molar-refractivity contribution in [2.75, 3.05) is 27.2 Å². The van der Waals surface area contributed by atoms with Gasteiger partial charge in [-0.2, -0.15) is 4.31 Å². The third-order valence-corrected chi connectivity index (χ3v) is 6.36. The molecule has 2 rings (SSSR count). The molecule has 0 aliphatic heterocycles. The molecule has 26 heavy (non-hydrogen) atoms. The summed E-state index contributed by atoms with van der Waals surface area (Å²) in [7, 11) is 0.0307. The summed E-state index contributed by atoms with van der Waals surface area (Å²) in [6.45, 7) is 0.754. The van der Waals surface area contributed by atoms with Crippen molar-refractivity contribution in [2.24, 2.45) is 0 Å². The van der Waals surface area contributed by atoms with E-state index in [-0.39, 0.29) is 18.8 Å². The number of halogens is 3. The molecule has 0 amide bonds. The SMILES string of the molecule is CN(C)CCN(Cc1ccccc1F)S(=O)(=O)Cc1ccc(Cl)c(Cl)c1. The summed E-state index contributed by atoms with van der Waals surface area (Å²) >= 11 is 11.9. The van der Waals surface area contributed by atoms with Crippen LogP contribution in [0.3, 0.4) is 0 Å². The second-order valence-electron chi connectivity index (χ2n) is 6.23. The zero-order valence-corrected chi connectivity index (χ0v) is 17.0. The van der Waals surface area contributed by atoms with Gasteiger partial charge in [-0.05, 0) is 37.9 Å². The van der Waals surface area contributed by atoms with E-state index < -0.39 is 15.8 Å². The van der Waals surface area contributed by atoms with Gasteiger partial charge in [0, 0.05) is 25.2 Å². The van der Waals surface area contributed by atoms with Crippen LogP contribution in [-0.4, -0.2) is 44.8 Å². The van der Waals surface area contributed by atoms with Crippen LogP contribution in [0.15, 0.2) is 42.5 Å². The average Bonchev–Trinajstić information content (AvgIpc) is 2.56. The Balaban J connectivity index is 2.26. The molecule has 0 saturated carbocycles. The molecule has 0 aliphatic carbocycles. The van der Waals surface area contributed by atoms with E-state index >= 15 is 0 Å². The first kappa shape index (κ1) is 21.1. The Morgan fingerprint density at radius 3 is 2.31 bits per heavy atom. The summed E-state index contributed by atoms with van der Waals surface area (Å²) in [5.74, 6) is -0.654. The second kappa shape index (κ2) is 9.15. The van der Waals surface area contributed by atoms with Crippen LogP contribution in [0.5, 0.6) is 0 Å². The van der Waals surface area contributed by atoms with Crippen LogP contribution in [-0.2, 0) is 22.3 Å². The third-order valence-electron chi connectivity index (χ3n) is 3.83. The van der Waals surface area contributed by atoms with Crippen LogP contribution >= 0.6 is 23.2 Å². The number of nitrogens with zero attached hydrogens (tertiary/aromatic N) is 2. The maximum absolute atomic E-state index is 14.0. The van der Waals surface area contributed by atoms with Crippen molar-refractivity contribution >= 4 is 33.2 Å². The van der Waals surface area contributed by atoms with Gasteiger partial charge in [0.25, 0.3) is 0 Å². The largest absolute Gasteiger partial charge is 0.308 e. The fourth-order valence-electron chi connectivity index (χ4n) is 2.38. The Morgan fingerprint density at radius 1 is 1.00 bits per heavy atom. The lowest BCUT2D eigenvalue weighted by atomic mass is 10.2. The number of rotatable bonds is 8. The topological polar surface area (TPSA) is 40.6 Å². The van der Waals surface area contributed by atoms with E-state index in [0.717, 1.165) is 0 Å². The Kier molecular flexibility index (Phi) is 7.43. The molecule has 0 saturated heterocycles. The molecule has 0 unspecified atom stereocenters. The van der Waals surface area contributed by atoms with Crippen LogP contribution in [0.1, 0.15) is 11.1 Å². The van der Waals surface area contributed by atoms with Crippen molar-refractivity contribution in [3.63, 3.8) is 0 Å². The second-order valence-corrected chi connectivity index (χ2v) is 9.02. The minimum atomic E-state index is -3.68. The predicted octanol–water partition coefficient (Wildman–Crippen LogP) is 4.03. The van der Waals surface area contributed by atoms with Crippen molar-refractivity contribution in [1.82, 2.24) is 9.21 Å². The molecule has 142 valence electrons. The van der Waals surface area contributed by atoms with E-state index in [1.807, 2.05) is 19.0 Å². The van der Waals surface area contributed by atoms with Gasteiger partial charge in [-0.3, -0.25) is 0 Å². The van der Waals surface area contributed by atoms with Crippen molar-refractivity contribution in [2.45, 2.75) is 12.3 Å². The smallest absolute Gasteiger partial charge is 0.218 e. The van der Waals surface area contributed by atoms with Gasteiger partial charge in [0.15, 0.2) is 0 Å². The highest BCUT2D eigenvalue weighted by atomic mass is 35.5. The predicted molar refractivity (Wildman–Crippen MR) is 104 cm³/mol. The van der Waals surface area contributed by atoms with Gasteiger partial charge >= 0.3 is 0 Å². The summed E-state index contributed by atoms with van der Waals surface area (Å²) < 4.78 is 41.2. The zero-order valence-electron chi connectivity index (χ0n) is 14.6. The van der Waals surface area contributed by atoms with E-state index in [0.29, 0.717) is 27.7 Å². The standard InChI is InChI=1S/C18H21Cl2FN2O2S/c1-22(2)9-10-23(12-15-5-3-4-6-18(15)21)26(24,25)13-14-7-8-16(19)17(20)11-14/h3-8,11H,9-10,12-13H2,1-2H3. The Labute approximate surface area is 164 Å². The van der Waals surface area contributed by atoms with Gasteiger partial charge in [0.2, 0.25) is 10.0 Å². The quantitative estimate of drug-likeness (QED) is 0.649. The van der Waals surface area contributed by atoms with Crippen molar-refractivity contribution < 1.29 is 12.8 Å². The molecule has 0 aromatic heterocycles. The molecule has 8 heteroatoms. The van der Waals surface area contributed by atoms with Crippen molar-refractivity contribution in [3.05, 3.63) is 69.5 Å². The van der Waals surface area contributed by atoms with Crippen LogP contribution in [0.25, 0.3) is 0 Å². The van der Waals surface area contributed by atoms with Crippen molar-refractivity contribution in [3.8, 4) is 0 Å². The number of sulfonamides is 1. The van der Waals surface area contributed by atoms with E-state index in [9.17, 15) is 12.8 Å². The molecular formula is C18H21Cl2FN2O2S. The highest BCUT2D eigenvalue weighted by Gasteiger charge is 2.24. The molecule has 0 fully saturated rings. The minimum Gasteiger partial charge on any atom is -0.308 e. The van der Waals surface area contributed by atoms with Gasteiger partial charge in [-0.25, -0.2) is 12.8 Å². The maximum atomic E-state index is 14.0. The van der Waals surface area contributed by atoms with Gasteiger partial charge in [0.05, 0.1) is 15.8 Å². The van der Waals surface area contributed by atoms with Gasteiger partial charge in [0.1, 0.15) is 5.82 Å². The lowest BCUT2D eigenvalue weighted by molar-refractivity contribution is 0.326. The van der Waals surface area contributed by atoms with Crippen LogP contribution in [0, 0.1) is 5.82 Å². The summed E-state index contributed by atoms with van der Waals surface area (Å²) in [6.07, 6.45) is 0. The van der Waals surface area contributed by atoms with Gasteiger partial charge in [-0.1, -0.05) is 47.5 Å². The van der Waals surface area contributed by atoms with Gasteiger partial charge in [-0.15, -0.1) is 0 Å². The fourth-order valence-corrected chi connectivity index (χ4v) is 4.18. The first-order valence-corrected chi connectivity index (χ1v) is 10.4. The molecule has 0 aliphatic rings. The molecule has 0 spiro atoms. The lowest BCUT2D eigenvalue weighted by Gasteiger charge is -2.24. The Hall–Kier alpha value is -1.18. The minimum absolute atomic E-state index is 0.0236. The summed E-state index contributed by atoms with van der Waals surface area (Å²) in [5.41, 5.74) is 0.867. The first-order chi connectivity index (χ1) is 12.2. The number of hydrogen-bond acceptors (Lipinski definition) is 3. The fraction of sp³-hybridized carbons (Fsp3) is 0.333. The van der Waals surface area contributed by atoms with E-state index in [4.69, 9.17) is 23.2 Å². The summed E-state index contributed by atoms with van der Waals surface area (Å²) in [5, 5.41) is 0.664. The Bertz CT molecular complexity index is 860. The third kappa shape index (κ3) is 5.93. The van der Waals surface area contributed by atoms with E-state index in [2.05, 4.69) is 0 Å². The molecule has 2 aromatic rings. The highest BCUT2D eigenvalue weighted by molar-refractivity contribution is 7.88. The van der Waals surface area contributed by atoms with E-state index in [1.54, 1.807) is 30.3 Å². The monoisotopic (exact) mass is 418 g/mol. The average molecular weight is 419 g/mol. The molecule has 0 heterocycles. The normalized spacial score (nSPS) is 12.1. The molecule has 0 radical (unpaired) electrons. The van der Waals surface area contributed by atoms with E-state index in [1.165, 1.54) is 16.4 Å². The number of likely N-dealkylation sites (N-methyl/N-ethyl adjacent to an activating group) is 1. The number of hydrogen-bond donors (Lipinski definition) is 0. The summed E-state index contributed by atoms with van der Waals surface area (Å²) in [6, 6.07) is 10.9. The van der Waals surface area contributed by atoms with Crippen LogP contribution < -0.4 is 0 Å². The number of benzene rings is 2. The Morgan fingerprint density at radius 2 is 1.69 bits per heavy atom. The molecule has 0 N–H and O–H groups in total. The van der Waals surface area contributed by atoms with Gasteiger partial charge < -0.3 is 4.90 Å². The molecule has 0 bridgehead atoms.